The Labute approximate surface area is 109 Å². The Bertz CT molecular complexity index is 404. The van der Waals surface area contributed by atoms with E-state index >= 15 is 0 Å². The van der Waals surface area contributed by atoms with E-state index in [-0.39, 0.29) is 0 Å². The number of fused-ring (bicyclic) bond motifs is 1. The summed E-state index contributed by atoms with van der Waals surface area (Å²) in [6.45, 7) is 0.339. The maximum Gasteiger partial charge on any atom is 0.0474 e. The maximum atomic E-state index is 9.49. The van der Waals surface area contributed by atoms with Crippen molar-refractivity contribution < 1.29 is 5.11 Å². The third kappa shape index (κ3) is 2.32. The molecule has 0 heterocycles. The molecule has 18 heavy (non-hydrogen) atoms. The molecule has 0 radical (unpaired) electrons. The van der Waals surface area contributed by atoms with Crippen LogP contribution in [-0.2, 0) is 6.42 Å². The molecule has 0 aliphatic heterocycles. The second kappa shape index (κ2) is 5.41. The normalized spacial score (nSPS) is 31.3. The van der Waals surface area contributed by atoms with Crippen LogP contribution in [-0.4, -0.2) is 17.8 Å². The van der Waals surface area contributed by atoms with Crippen LogP contribution in [0.15, 0.2) is 24.3 Å². The second-order valence-electron chi connectivity index (χ2n) is 5.79. The van der Waals surface area contributed by atoms with E-state index in [1.165, 1.54) is 49.7 Å². The summed E-state index contributed by atoms with van der Waals surface area (Å²) >= 11 is 0. The highest BCUT2D eigenvalue weighted by molar-refractivity contribution is 5.34. The van der Waals surface area contributed by atoms with Gasteiger partial charge in [0.1, 0.15) is 0 Å². The fourth-order valence-electron chi connectivity index (χ4n) is 3.63. The van der Waals surface area contributed by atoms with Crippen molar-refractivity contribution in [1.29, 1.82) is 0 Å². The molecule has 2 aliphatic rings. The molecule has 0 spiro atoms. The summed E-state index contributed by atoms with van der Waals surface area (Å²) < 4.78 is 0. The number of nitrogens with one attached hydrogen (secondary N) is 1. The summed E-state index contributed by atoms with van der Waals surface area (Å²) in [5.41, 5.74) is 2.99. The summed E-state index contributed by atoms with van der Waals surface area (Å²) in [5.74, 6) is 0.464. The highest BCUT2D eigenvalue weighted by Crippen LogP contribution is 2.33. The maximum absolute atomic E-state index is 9.49. The lowest BCUT2D eigenvalue weighted by Gasteiger charge is -2.33. The summed E-state index contributed by atoms with van der Waals surface area (Å²) in [6.07, 6.45) is 7.41. The molecule has 0 aromatic heterocycles. The SMILES string of the molecule is OCC1CCCCC1NC1CCc2ccccc21. The molecule has 3 rings (SSSR count). The predicted octanol–water partition coefficient (Wildman–Crippen LogP) is 2.81. The Hall–Kier alpha value is -0.860. The summed E-state index contributed by atoms with van der Waals surface area (Å²) in [7, 11) is 0. The minimum absolute atomic E-state index is 0.339. The van der Waals surface area contributed by atoms with Gasteiger partial charge in [-0.15, -0.1) is 0 Å². The molecule has 3 atom stereocenters. The molecular weight excluding hydrogens is 222 g/mol. The molecular formula is C16H23NO. The van der Waals surface area contributed by atoms with Crippen molar-refractivity contribution >= 4 is 0 Å². The van der Waals surface area contributed by atoms with Gasteiger partial charge in [-0.25, -0.2) is 0 Å². The highest BCUT2D eigenvalue weighted by atomic mass is 16.3. The number of hydrogen-bond acceptors (Lipinski definition) is 2. The van der Waals surface area contributed by atoms with Crippen molar-refractivity contribution in [3.63, 3.8) is 0 Å². The van der Waals surface area contributed by atoms with Crippen LogP contribution < -0.4 is 5.32 Å². The van der Waals surface area contributed by atoms with E-state index in [9.17, 15) is 5.11 Å². The molecule has 0 bridgehead atoms. The van der Waals surface area contributed by atoms with Gasteiger partial charge in [0.25, 0.3) is 0 Å². The fraction of sp³-hybridized carbons (Fsp3) is 0.625. The predicted molar refractivity (Wildman–Crippen MR) is 73.5 cm³/mol. The first-order valence-corrected chi connectivity index (χ1v) is 7.33. The van der Waals surface area contributed by atoms with Gasteiger partial charge in [-0.2, -0.15) is 0 Å². The van der Waals surface area contributed by atoms with Crippen LogP contribution in [0.1, 0.15) is 49.3 Å². The lowest BCUT2D eigenvalue weighted by molar-refractivity contribution is 0.145. The molecule has 2 nitrogen and oxygen atoms in total. The van der Waals surface area contributed by atoms with Gasteiger partial charge < -0.3 is 10.4 Å². The van der Waals surface area contributed by atoms with Crippen LogP contribution in [0.4, 0.5) is 0 Å². The molecule has 1 aromatic rings. The largest absolute Gasteiger partial charge is 0.396 e. The number of aliphatic hydroxyl groups is 1. The van der Waals surface area contributed by atoms with Gasteiger partial charge in [-0.1, -0.05) is 37.1 Å². The Morgan fingerprint density at radius 3 is 2.83 bits per heavy atom. The van der Waals surface area contributed by atoms with Gasteiger partial charge in [-0.05, 0) is 42.7 Å². The molecule has 2 aliphatic carbocycles. The van der Waals surface area contributed by atoms with Crippen molar-refractivity contribution in [3.05, 3.63) is 35.4 Å². The van der Waals surface area contributed by atoms with Crippen LogP contribution in [0.2, 0.25) is 0 Å². The average Bonchev–Trinajstić information content (AvgIpc) is 2.83. The first kappa shape index (κ1) is 12.2. The quantitative estimate of drug-likeness (QED) is 0.858. The zero-order valence-electron chi connectivity index (χ0n) is 10.9. The van der Waals surface area contributed by atoms with E-state index in [1.54, 1.807) is 0 Å². The molecule has 3 unspecified atom stereocenters. The number of aryl methyl sites for hydroxylation is 1. The Morgan fingerprint density at radius 1 is 1.11 bits per heavy atom. The highest BCUT2D eigenvalue weighted by Gasteiger charge is 2.29. The third-order valence-electron chi connectivity index (χ3n) is 4.69. The molecule has 1 saturated carbocycles. The number of hydrogen-bond donors (Lipinski definition) is 2. The van der Waals surface area contributed by atoms with Crippen molar-refractivity contribution in [2.24, 2.45) is 5.92 Å². The van der Waals surface area contributed by atoms with E-state index in [4.69, 9.17) is 0 Å². The Morgan fingerprint density at radius 2 is 1.94 bits per heavy atom. The van der Waals surface area contributed by atoms with Crippen molar-refractivity contribution in [3.8, 4) is 0 Å². The molecule has 2 N–H and O–H groups in total. The first-order chi connectivity index (χ1) is 8.88. The number of rotatable bonds is 3. The average molecular weight is 245 g/mol. The lowest BCUT2D eigenvalue weighted by Crippen LogP contribution is -2.41. The van der Waals surface area contributed by atoms with E-state index < -0.39 is 0 Å². The Kier molecular flexibility index (Phi) is 3.67. The van der Waals surface area contributed by atoms with Crippen LogP contribution >= 0.6 is 0 Å². The second-order valence-corrected chi connectivity index (χ2v) is 5.79. The van der Waals surface area contributed by atoms with E-state index in [1.807, 2.05) is 0 Å². The molecule has 2 heteroatoms. The van der Waals surface area contributed by atoms with Crippen LogP contribution in [0.25, 0.3) is 0 Å². The summed E-state index contributed by atoms with van der Waals surface area (Å²) in [4.78, 5) is 0. The van der Waals surface area contributed by atoms with Gasteiger partial charge >= 0.3 is 0 Å². The fourth-order valence-corrected chi connectivity index (χ4v) is 3.63. The van der Waals surface area contributed by atoms with Crippen molar-refractivity contribution in [1.82, 2.24) is 5.32 Å². The molecule has 0 amide bonds. The van der Waals surface area contributed by atoms with E-state index in [0.29, 0.717) is 24.6 Å². The molecule has 1 fully saturated rings. The molecule has 98 valence electrons. The standard InChI is InChI=1S/C16H23NO/c18-11-13-6-2-4-8-15(13)17-16-10-9-12-5-1-3-7-14(12)16/h1,3,5,7,13,15-18H,2,4,6,8-11H2. The third-order valence-corrected chi connectivity index (χ3v) is 4.69. The minimum Gasteiger partial charge on any atom is -0.396 e. The van der Waals surface area contributed by atoms with Gasteiger partial charge in [0.15, 0.2) is 0 Å². The minimum atomic E-state index is 0.339. The van der Waals surface area contributed by atoms with Crippen LogP contribution in [0, 0.1) is 5.92 Å². The topological polar surface area (TPSA) is 32.3 Å². The van der Waals surface area contributed by atoms with Crippen LogP contribution in [0.5, 0.6) is 0 Å². The number of aliphatic hydroxyl groups excluding tert-OH is 1. The monoisotopic (exact) mass is 245 g/mol. The smallest absolute Gasteiger partial charge is 0.0474 e. The van der Waals surface area contributed by atoms with Gasteiger partial charge in [-0.3, -0.25) is 0 Å². The first-order valence-electron chi connectivity index (χ1n) is 7.33. The van der Waals surface area contributed by atoms with E-state index in [2.05, 4.69) is 29.6 Å². The van der Waals surface area contributed by atoms with Crippen LogP contribution in [0.3, 0.4) is 0 Å². The van der Waals surface area contributed by atoms with Crippen molar-refractivity contribution in [2.45, 2.75) is 50.6 Å². The zero-order valence-corrected chi connectivity index (χ0v) is 10.9. The van der Waals surface area contributed by atoms with Gasteiger partial charge in [0.2, 0.25) is 0 Å². The Balaban J connectivity index is 1.70. The summed E-state index contributed by atoms with van der Waals surface area (Å²) in [6, 6.07) is 9.82. The summed E-state index contributed by atoms with van der Waals surface area (Å²) in [5, 5.41) is 13.3. The zero-order chi connectivity index (χ0) is 12.4. The van der Waals surface area contributed by atoms with Crippen molar-refractivity contribution in [2.75, 3.05) is 6.61 Å². The molecule has 1 aromatic carbocycles. The molecule has 0 saturated heterocycles. The van der Waals surface area contributed by atoms with Gasteiger partial charge in [0.05, 0.1) is 0 Å². The lowest BCUT2D eigenvalue weighted by atomic mass is 9.84. The van der Waals surface area contributed by atoms with Gasteiger partial charge in [0, 0.05) is 18.7 Å². The number of benzene rings is 1. The van der Waals surface area contributed by atoms with E-state index in [0.717, 1.165) is 0 Å².